The van der Waals surface area contributed by atoms with Crippen molar-refractivity contribution in [3.05, 3.63) is 24.3 Å². The molecule has 1 aliphatic rings. The number of aliphatic hydroxyl groups is 1. The molecule has 6 heteroatoms. The predicted molar refractivity (Wildman–Crippen MR) is 85.9 cm³/mol. The fourth-order valence-electron chi connectivity index (χ4n) is 2.66. The molecule has 0 aromatic heterocycles. The molecule has 0 bridgehead atoms. The van der Waals surface area contributed by atoms with Gasteiger partial charge in [0.1, 0.15) is 6.61 Å². The average molecular weight is 323 g/mol. The van der Waals surface area contributed by atoms with Gasteiger partial charge in [-0.15, -0.1) is 0 Å². The third-order valence-corrected chi connectivity index (χ3v) is 3.85. The van der Waals surface area contributed by atoms with Crippen LogP contribution in [0.15, 0.2) is 24.3 Å². The van der Waals surface area contributed by atoms with Crippen molar-refractivity contribution in [1.29, 1.82) is 0 Å². The summed E-state index contributed by atoms with van der Waals surface area (Å²) in [5.74, 6) is -0.271. The number of likely N-dealkylation sites (tertiary alicyclic amines) is 1. The van der Waals surface area contributed by atoms with Gasteiger partial charge in [-0.05, 0) is 32.4 Å². The van der Waals surface area contributed by atoms with E-state index in [4.69, 9.17) is 14.6 Å². The normalized spacial score (nSPS) is 22.1. The lowest BCUT2D eigenvalue weighted by molar-refractivity contribution is -0.148. The summed E-state index contributed by atoms with van der Waals surface area (Å²) in [6.07, 6.45) is -0.214. The molecule has 1 aliphatic heterocycles. The van der Waals surface area contributed by atoms with Crippen molar-refractivity contribution < 1.29 is 24.5 Å². The summed E-state index contributed by atoms with van der Waals surface area (Å²) in [7, 11) is 0. The van der Waals surface area contributed by atoms with E-state index in [0.717, 1.165) is 0 Å². The zero-order valence-electron chi connectivity index (χ0n) is 13.6. The molecule has 1 heterocycles. The van der Waals surface area contributed by atoms with Crippen LogP contribution in [0.25, 0.3) is 0 Å². The van der Waals surface area contributed by atoms with Gasteiger partial charge in [-0.1, -0.05) is 12.1 Å². The molecule has 2 atom stereocenters. The molecule has 1 saturated heterocycles. The van der Waals surface area contributed by atoms with Gasteiger partial charge in [0, 0.05) is 19.6 Å². The number of aliphatic carboxylic acids is 1. The van der Waals surface area contributed by atoms with E-state index in [1.165, 1.54) is 0 Å². The van der Waals surface area contributed by atoms with Gasteiger partial charge < -0.3 is 19.7 Å². The average Bonchev–Trinajstić information content (AvgIpc) is 2.50. The smallest absolute Gasteiger partial charge is 0.310 e. The van der Waals surface area contributed by atoms with Crippen LogP contribution in [0.3, 0.4) is 0 Å². The second kappa shape index (κ2) is 8.17. The molecule has 0 unspecified atom stereocenters. The molecule has 0 radical (unpaired) electrons. The Hall–Kier alpha value is -1.79. The number of rotatable bonds is 7. The van der Waals surface area contributed by atoms with Crippen molar-refractivity contribution in [2.75, 3.05) is 26.2 Å². The third kappa shape index (κ3) is 5.11. The first-order valence-corrected chi connectivity index (χ1v) is 7.99. The first kappa shape index (κ1) is 17.6. The largest absolute Gasteiger partial charge is 0.488 e. The Morgan fingerprint density at radius 1 is 1.35 bits per heavy atom. The molecule has 0 saturated carbocycles. The van der Waals surface area contributed by atoms with Crippen molar-refractivity contribution in [1.82, 2.24) is 4.90 Å². The number of carboxylic acids is 1. The number of benzene rings is 1. The maximum absolute atomic E-state index is 11.1. The molecule has 0 amide bonds. The van der Waals surface area contributed by atoms with E-state index in [0.29, 0.717) is 44.2 Å². The van der Waals surface area contributed by atoms with E-state index in [1.54, 1.807) is 0 Å². The van der Waals surface area contributed by atoms with Gasteiger partial charge in [-0.3, -0.25) is 9.69 Å². The van der Waals surface area contributed by atoms with Crippen LogP contribution in [0.2, 0.25) is 0 Å². The van der Waals surface area contributed by atoms with Crippen LogP contribution in [0.1, 0.15) is 20.3 Å². The third-order valence-electron chi connectivity index (χ3n) is 3.85. The second-order valence-corrected chi connectivity index (χ2v) is 6.06. The van der Waals surface area contributed by atoms with Crippen LogP contribution in [-0.2, 0) is 4.79 Å². The highest BCUT2D eigenvalue weighted by atomic mass is 16.5. The highest BCUT2D eigenvalue weighted by Gasteiger charge is 2.32. The molecule has 0 spiro atoms. The Bertz CT molecular complexity index is 519. The SMILES string of the molecule is CC(C)Oc1ccccc1OCCN1CC[C@H](O)[C@@H](C(=O)O)C1. The Balaban J connectivity index is 1.84. The van der Waals surface area contributed by atoms with Gasteiger partial charge >= 0.3 is 5.97 Å². The van der Waals surface area contributed by atoms with Gasteiger partial charge in [-0.25, -0.2) is 0 Å². The second-order valence-electron chi connectivity index (χ2n) is 6.06. The summed E-state index contributed by atoms with van der Waals surface area (Å²) < 4.78 is 11.5. The number of hydrogen-bond donors (Lipinski definition) is 2. The molecule has 128 valence electrons. The number of para-hydroxylation sites is 2. The highest BCUT2D eigenvalue weighted by molar-refractivity contribution is 5.71. The topological polar surface area (TPSA) is 79.2 Å². The first-order valence-electron chi connectivity index (χ1n) is 7.99. The fraction of sp³-hybridized carbons (Fsp3) is 0.588. The van der Waals surface area contributed by atoms with Crippen molar-refractivity contribution in [3.63, 3.8) is 0 Å². The Kier molecular flexibility index (Phi) is 6.24. The Labute approximate surface area is 136 Å². The van der Waals surface area contributed by atoms with Crippen LogP contribution in [0.4, 0.5) is 0 Å². The summed E-state index contributed by atoms with van der Waals surface area (Å²) in [5, 5.41) is 18.8. The molecule has 1 fully saturated rings. The van der Waals surface area contributed by atoms with E-state index < -0.39 is 18.0 Å². The van der Waals surface area contributed by atoms with Crippen molar-refractivity contribution in [2.45, 2.75) is 32.5 Å². The number of ether oxygens (including phenoxy) is 2. The molecular weight excluding hydrogens is 298 g/mol. The van der Waals surface area contributed by atoms with Crippen LogP contribution in [-0.4, -0.2) is 59.5 Å². The minimum Gasteiger partial charge on any atom is -0.488 e. The molecule has 1 aromatic rings. The molecule has 0 aliphatic carbocycles. The van der Waals surface area contributed by atoms with Crippen LogP contribution in [0, 0.1) is 5.92 Å². The summed E-state index contributed by atoms with van der Waals surface area (Å²) in [4.78, 5) is 13.1. The summed E-state index contributed by atoms with van der Waals surface area (Å²) in [6.45, 7) is 6.01. The summed E-state index contributed by atoms with van der Waals surface area (Å²) in [5.41, 5.74) is 0. The van der Waals surface area contributed by atoms with E-state index in [-0.39, 0.29) is 6.10 Å². The van der Waals surface area contributed by atoms with Gasteiger partial charge in [-0.2, -0.15) is 0 Å². The van der Waals surface area contributed by atoms with E-state index in [2.05, 4.69) is 0 Å². The molecule has 23 heavy (non-hydrogen) atoms. The number of carbonyl (C=O) groups is 1. The predicted octanol–water partition coefficient (Wildman–Crippen LogP) is 1.62. The minimum absolute atomic E-state index is 0.0691. The number of carboxylic acid groups (broad SMARTS) is 1. The monoisotopic (exact) mass is 323 g/mol. The quantitative estimate of drug-likeness (QED) is 0.794. The lowest BCUT2D eigenvalue weighted by Gasteiger charge is -2.33. The van der Waals surface area contributed by atoms with Crippen LogP contribution in [0.5, 0.6) is 11.5 Å². The van der Waals surface area contributed by atoms with Gasteiger partial charge in [0.15, 0.2) is 11.5 Å². The van der Waals surface area contributed by atoms with Gasteiger partial charge in [0.25, 0.3) is 0 Å². The number of nitrogens with zero attached hydrogens (tertiary/aromatic N) is 1. The number of hydrogen-bond acceptors (Lipinski definition) is 5. The number of aliphatic hydroxyl groups excluding tert-OH is 1. The molecule has 2 N–H and O–H groups in total. The minimum atomic E-state index is -0.946. The van der Waals surface area contributed by atoms with E-state index >= 15 is 0 Å². The summed E-state index contributed by atoms with van der Waals surface area (Å²) >= 11 is 0. The first-order chi connectivity index (χ1) is 11.0. The van der Waals surface area contributed by atoms with Crippen molar-refractivity contribution >= 4 is 5.97 Å². The lowest BCUT2D eigenvalue weighted by Crippen LogP contribution is -2.47. The zero-order chi connectivity index (χ0) is 16.8. The fourth-order valence-corrected chi connectivity index (χ4v) is 2.66. The highest BCUT2D eigenvalue weighted by Crippen LogP contribution is 2.27. The van der Waals surface area contributed by atoms with Crippen LogP contribution >= 0.6 is 0 Å². The van der Waals surface area contributed by atoms with Crippen LogP contribution < -0.4 is 9.47 Å². The standard InChI is InChI=1S/C17H25NO5/c1-12(2)23-16-6-4-3-5-15(16)22-10-9-18-8-7-14(19)13(11-18)17(20)21/h3-6,12-14,19H,7-11H2,1-2H3,(H,20,21)/t13-,14-/m0/s1. The molecule has 1 aromatic carbocycles. The van der Waals surface area contributed by atoms with Crippen molar-refractivity contribution in [3.8, 4) is 11.5 Å². The van der Waals surface area contributed by atoms with E-state index in [1.807, 2.05) is 43.0 Å². The maximum Gasteiger partial charge on any atom is 0.310 e. The Morgan fingerprint density at radius 2 is 2.04 bits per heavy atom. The molecular formula is C17H25NO5. The molecule has 6 nitrogen and oxygen atoms in total. The lowest BCUT2D eigenvalue weighted by atomic mass is 9.95. The summed E-state index contributed by atoms with van der Waals surface area (Å²) in [6, 6.07) is 7.51. The van der Waals surface area contributed by atoms with Gasteiger partial charge in [0.05, 0.1) is 18.1 Å². The van der Waals surface area contributed by atoms with Gasteiger partial charge in [0.2, 0.25) is 0 Å². The Morgan fingerprint density at radius 3 is 2.70 bits per heavy atom. The van der Waals surface area contributed by atoms with Crippen molar-refractivity contribution in [2.24, 2.45) is 5.92 Å². The maximum atomic E-state index is 11.1. The van der Waals surface area contributed by atoms with E-state index in [9.17, 15) is 9.90 Å². The zero-order valence-corrected chi connectivity index (χ0v) is 13.6. The number of piperidine rings is 1. The molecule has 2 rings (SSSR count).